The summed E-state index contributed by atoms with van der Waals surface area (Å²) in [5.74, 6) is -2.40. The number of carboxylic acid groups (broad SMARTS) is 1. The van der Waals surface area contributed by atoms with E-state index in [1.807, 2.05) is 6.92 Å². The predicted octanol–water partition coefficient (Wildman–Crippen LogP) is 5.22. The quantitative estimate of drug-likeness (QED) is 0.374. The second-order valence-electron chi connectivity index (χ2n) is 7.68. The average Bonchev–Trinajstić information content (AvgIpc) is 2.80. The van der Waals surface area contributed by atoms with Crippen molar-refractivity contribution in [3.63, 3.8) is 0 Å². The van der Waals surface area contributed by atoms with E-state index < -0.39 is 17.7 Å². The van der Waals surface area contributed by atoms with Crippen LogP contribution in [0.5, 0.6) is 11.5 Å². The number of aromatic hydroxyl groups is 1. The first-order valence-electron chi connectivity index (χ1n) is 10.6. The number of halogens is 1. The van der Waals surface area contributed by atoms with E-state index in [0.717, 1.165) is 30.2 Å². The summed E-state index contributed by atoms with van der Waals surface area (Å²) in [6, 6.07) is 12.7. The molecule has 0 heterocycles. The molecule has 3 rings (SSSR count). The minimum atomic E-state index is -1.23. The Bertz CT molecular complexity index is 1240. The van der Waals surface area contributed by atoms with Crippen molar-refractivity contribution in [2.45, 2.75) is 33.3 Å². The monoisotopic (exact) mass is 465 g/mol. The van der Waals surface area contributed by atoms with E-state index in [0.29, 0.717) is 17.7 Å². The van der Waals surface area contributed by atoms with Crippen molar-refractivity contribution in [1.29, 1.82) is 0 Å². The van der Waals surface area contributed by atoms with Crippen molar-refractivity contribution in [3.8, 4) is 11.5 Å². The summed E-state index contributed by atoms with van der Waals surface area (Å²) < 4.78 is 19.8. The fourth-order valence-electron chi connectivity index (χ4n) is 3.39. The molecule has 0 atom stereocenters. The highest BCUT2D eigenvalue weighted by atomic mass is 19.1. The van der Waals surface area contributed by atoms with Crippen molar-refractivity contribution < 1.29 is 33.7 Å². The van der Waals surface area contributed by atoms with Gasteiger partial charge in [-0.3, -0.25) is 9.59 Å². The molecule has 0 fully saturated rings. The van der Waals surface area contributed by atoms with E-state index >= 15 is 0 Å². The van der Waals surface area contributed by atoms with Crippen LogP contribution in [0.15, 0.2) is 54.6 Å². The van der Waals surface area contributed by atoms with E-state index in [2.05, 4.69) is 5.32 Å². The lowest BCUT2D eigenvalue weighted by Gasteiger charge is -2.15. The Morgan fingerprint density at radius 1 is 1.00 bits per heavy atom. The molecule has 3 N–H and O–H groups in total. The molecule has 7 nitrogen and oxygen atoms in total. The Kier molecular flexibility index (Phi) is 7.63. The summed E-state index contributed by atoms with van der Waals surface area (Å²) in [4.78, 5) is 35.2. The summed E-state index contributed by atoms with van der Waals surface area (Å²) in [6.07, 6.45) is 1.30. The maximum Gasteiger partial charge on any atom is 0.335 e. The molecule has 3 aromatic rings. The van der Waals surface area contributed by atoms with Gasteiger partial charge in [0.05, 0.1) is 16.8 Å². The second-order valence-corrected chi connectivity index (χ2v) is 7.68. The van der Waals surface area contributed by atoms with Gasteiger partial charge in [-0.2, -0.15) is 0 Å². The number of ketones is 1. The van der Waals surface area contributed by atoms with Crippen molar-refractivity contribution >= 4 is 23.3 Å². The molecule has 0 aliphatic carbocycles. The van der Waals surface area contributed by atoms with Gasteiger partial charge in [0.15, 0.2) is 5.78 Å². The zero-order chi connectivity index (χ0) is 24.8. The average molecular weight is 465 g/mol. The largest absolute Gasteiger partial charge is 0.507 e. The standard InChI is InChI=1S/C26H24FNO6/c1-3-4-20-23(12-10-19(15(2)29)24(20)30)34-14-16-5-7-17(8-6-16)25(31)28-22-13-18(26(32)33)9-11-21(22)27/h5-13,30H,3-4,14H2,1-2H3,(H,28,31)(H,32,33). The number of benzene rings is 3. The van der Waals surface area contributed by atoms with E-state index in [1.54, 1.807) is 18.2 Å². The number of rotatable bonds is 9. The summed E-state index contributed by atoms with van der Waals surface area (Å²) in [6.45, 7) is 3.50. The number of amides is 1. The van der Waals surface area contributed by atoms with Gasteiger partial charge in [-0.05, 0) is 61.4 Å². The number of carbonyl (C=O) groups excluding carboxylic acids is 2. The summed E-state index contributed by atoms with van der Waals surface area (Å²) in [5.41, 5.74) is 1.43. The zero-order valence-electron chi connectivity index (χ0n) is 18.7. The number of carboxylic acids is 1. The Hall–Kier alpha value is -4.20. The normalized spacial score (nSPS) is 10.6. The highest BCUT2D eigenvalue weighted by Crippen LogP contribution is 2.33. The van der Waals surface area contributed by atoms with Crippen molar-refractivity contribution in [2.75, 3.05) is 5.32 Å². The number of hydrogen-bond acceptors (Lipinski definition) is 5. The lowest BCUT2D eigenvalue weighted by molar-refractivity contribution is 0.0696. The molecule has 0 saturated heterocycles. The number of hydrogen-bond donors (Lipinski definition) is 3. The molecule has 0 spiro atoms. The number of carbonyl (C=O) groups is 3. The molecule has 0 unspecified atom stereocenters. The summed E-state index contributed by atoms with van der Waals surface area (Å²) >= 11 is 0. The Labute approximate surface area is 195 Å². The molecule has 0 radical (unpaired) electrons. The topological polar surface area (TPSA) is 113 Å². The fraction of sp³-hybridized carbons (Fsp3) is 0.192. The van der Waals surface area contributed by atoms with Crippen LogP contribution in [0.3, 0.4) is 0 Å². The van der Waals surface area contributed by atoms with E-state index in [4.69, 9.17) is 9.84 Å². The first kappa shape index (κ1) is 24.4. The molecule has 0 aliphatic rings. The maximum atomic E-state index is 14.0. The second kappa shape index (κ2) is 10.6. The molecular formula is C26H24FNO6. The summed E-state index contributed by atoms with van der Waals surface area (Å²) in [7, 11) is 0. The van der Waals surface area contributed by atoms with Gasteiger partial charge in [0.2, 0.25) is 0 Å². The van der Waals surface area contributed by atoms with Crippen LogP contribution in [0.4, 0.5) is 10.1 Å². The number of ether oxygens (including phenoxy) is 1. The van der Waals surface area contributed by atoms with Crippen molar-refractivity contribution in [1.82, 2.24) is 0 Å². The smallest absolute Gasteiger partial charge is 0.335 e. The van der Waals surface area contributed by atoms with E-state index in [1.165, 1.54) is 25.1 Å². The first-order valence-corrected chi connectivity index (χ1v) is 10.6. The van der Waals surface area contributed by atoms with Gasteiger partial charge in [0, 0.05) is 11.1 Å². The van der Waals surface area contributed by atoms with Crippen LogP contribution in [0.1, 0.15) is 62.5 Å². The highest BCUT2D eigenvalue weighted by molar-refractivity contribution is 6.05. The molecule has 0 aromatic heterocycles. The summed E-state index contributed by atoms with van der Waals surface area (Å²) in [5, 5.41) is 21.9. The number of Topliss-reactive ketones (excluding diaryl/α,β-unsaturated/α-hetero) is 1. The Morgan fingerprint density at radius 2 is 1.68 bits per heavy atom. The fourth-order valence-corrected chi connectivity index (χ4v) is 3.39. The molecule has 8 heteroatoms. The molecule has 1 amide bonds. The third kappa shape index (κ3) is 5.58. The minimum Gasteiger partial charge on any atom is -0.507 e. The van der Waals surface area contributed by atoms with Crippen LogP contribution in [-0.2, 0) is 13.0 Å². The van der Waals surface area contributed by atoms with Gasteiger partial charge < -0.3 is 20.3 Å². The van der Waals surface area contributed by atoms with Crippen LogP contribution in [0, 0.1) is 5.82 Å². The number of nitrogens with one attached hydrogen (secondary N) is 1. The van der Waals surface area contributed by atoms with Gasteiger partial charge in [-0.15, -0.1) is 0 Å². The van der Waals surface area contributed by atoms with Crippen LogP contribution in [0.25, 0.3) is 0 Å². The SMILES string of the molecule is CCCc1c(OCc2ccc(C(=O)Nc3cc(C(=O)O)ccc3F)cc2)ccc(C(C)=O)c1O. The number of phenols is 1. The molecule has 176 valence electrons. The van der Waals surface area contributed by atoms with Gasteiger partial charge in [-0.1, -0.05) is 25.5 Å². The Balaban J connectivity index is 1.71. The zero-order valence-corrected chi connectivity index (χ0v) is 18.7. The highest BCUT2D eigenvalue weighted by Gasteiger charge is 2.16. The van der Waals surface area contributed by atoms with Gasteiger partial charge in [0.25, 0.3) is 5.91 Å². The van der Waals surface area contributed by atoms with Crippen LogP contribution < -0.4 is 10.1 Å². The molecule has 0 bridgehead atoms. The molecule has 0 aliphatic heterocycles. The molecule has 0 saturated carbocycles. The van der Waals surface area contributed by atoms with E-state index in [-0.39, 0.29) is 40.5 Å². The molecular weight excluding hydrogens is 441 g/mol. The number of aromatic carboxylic acids is 1. The van der Waals surface area contributed by atoms with Crippen LogP contribution in [0.2, 0.25) is 0 Å². The van der Waals surface area contributed by atoms with Crippen LogP contribution >= 0.6 is 0 Å². The van der Waals surface area contributed by atoms with Gasteiger partial charge in [0.1, 0.15) is 23.9 Å². The third-order valence-electron chi connectivity index (χ3n) is 5.19. The predicted molar refractivity (Wildman–Crippen MR) is 124 cm³/mol. The molecule has 3 aromatic carbocycles. The van der Waals surface area contributed by atoms with E-state index in [9.17, 15) is 23.9 Å². The molecule has 34 heavy (non-hydrogen) atoms. The lowest BCUT2D eigenvalue weighted by Crippen LogP contribution is -2.14. The first-order chi connectivity index (χ1) is 16.2. The number of anilines is 1. The van der Waals surface area contributed by atoms with Crippen LogP contribution in [-0.4, -0.2) is 27.9 Å². The minimum absolute atomic E-state index is 0.0712. The van der Waals surface area contributed by atoms with Crippen molar-refractivity contribution in [3.05, 3.63) is 88.2 Å². The third-order valence-corrected chi connectivity index (χ3v) is 5.19. The lowest BCUT2D eigenvalue weighted by atomic mass is 10.0. The Morgan fingerprint density at radius 3 is 2.29 bits per heavy atom. The number of phenolic OH excluding ortho intramolecular Hbond substituents is 1. The van der Waals surface area contributed by atoms with Gasteiger partial charge >= 0.3 is 5.97 Å². The van der Waals surface area contributed by atoms with Gasteiger partial charge in [-0.25, -0.2) is 9.18 Å². The van der Waals surface area contributed by atoms with Crippen molar-refractivity contribution in [2.24, 2.45) is 0 Å². The maximum absolute atomic E-state index is 14.0.